The minimum atomic E-state index is -2.31. The van der Waals surface area contributed by atoms with E-state index in [0.717, 1.165) is 83.6 Å². The molecule has 60 heavy (non-hydrogen) atoms. The molecule has 0 saturated carbocycles. The number of nitrogens with zero attached hydrogens (tertiary/aromatic N) is 3. The zero-order chi connectivity index (χ0) is 44.3. The van der Waals surface area contributed by atoms with Gasteiger partial charge in [-0.15, -0.1) is 29.3 Å². The van der Waals surface area contributed by atoms with E-state index >= 15 is 0 Å². The summed E-state index contributed by atoms with van der Waals surface area (Å²) in [4.78, 5) is 10.4. The van der Waals surface area contributed by atoms with Gasteiger partial charge in [0.2, 0.25) is 0 Å². The summed E-state index contributed by atoms with van der Waals surface area (Å²) in [7, 11) is 3.88. The van der Waals surface area contributed by atoms with Crippen molar-refractivity contribution in [3.63, 3.8) is 0 Å². The smallest absolute Gasteiger partial charge is 0.665 e. The van der Waals surface area contributed by atoms with Crippen molar-refractivity contribution in [3.05, 3.63) is 174 Å². The normalized spacial score (nSPS) is 12.7. The van der Waals surface area contributed by atoms with E-state index < -0.39 is 6.85 Å². The van der Waals surface area contributed by atoms with E-state index in [0.29, 0.717) is 11.6 Å². The van der Waals surface area contributed by atoms with Crippen molar-refractivity contribution in [1.29, 1.82) is 0 Å². The van der Waals surface area contributed by atoms with Gasteiger partial charge in [0.15, 0.2) is 0 Å². The van der Waals surface area contributed by atoms with Gasteiger partial charge in [0, 0.05) is 21.6 Å². The zero-order valence-electron chi connectivity index (χ0n) is 38.9. The molecule has 0 aliphatic rings. The first-order valence-electron chi connectivity index (χ1n) is 21.7. The van der Waals surface area contributed by atoms with Crippen LogP contribution in [0.25, 0.3) is 72.7 Å². The van der Waals surface area contributed by atoms with Crippen LogP contribution in [0.15, 0.2) is 128 Å². The number of pyridine rings is 1. The summed E-state index contributed by atoms with van der Waals surface area (Å²) in [6.45, 7) is 17.1. The van der Waals surface area contributed by atoms with E-state index in [1.165, 1.54) is 11.1 Å². The van der Waals surface area contributed by atoms with Gasteiger partial charge in [-0.05, 0) is 102 Å². The van der Waals surface area contributed by atoms with Crippen LogP contribution < -0.4 is 4.74 Å². The number of aryl methyl sites for hydroxylation is 4. The molecule has 2 aromatic heterocycles. The number of hydrogen-bond donors (Lipinski definition) is 0. The molecule has 0 unspecified atom stereocenters. The second-order valence-electron chi connectivity index (χ2n) is 17.8. The van der Waals surface area contributed by atoms with E-state index in [4.69, 9.17) is 18.8 Å². The standard InChI is InChI=1S/C55H53N3O.Pt/c1-34-15-18-38(19-16-34)40-25-26-56-48(33-40)42-30-41(31-44(32-42)55(8,9)10)45-13-12-14-50-51(45)57-53(47-29-36(3)27-37(4)52(47)59-11)58(50)49-24-17-35(2)28-46(49)39-20-22-43(23-21-39)54(5,6)7;/h12-29,31-33H,11H2,1-10H3;/q-2;+2/i2D3;. The molecule has 8 aromatic rings. The van der Waals surface area contributed by atoms with Crippen molar-refractivity contribution in [2.24, 2.45) is 0 Å². The quantitative estimate of drug-likeness (QED) is 0.149. The Balaban J connectivity index is 0.00000595. The van der Waals surface area contributed by atoms with E-state index in [2.05, 4.69) is 170 Å². The van der Waals surface area contributed by atoms with Crippen LogP contribution >= 0.6 is 0 Å². The average molecular weight is 970 g/mol. The topological polar surface area (TPSA) is 39.9 Å². The van der Waals surface area contributed by atoms with Crippen molar-refractivity contribution < 1.29 is 29.9 Å². The summed E-state index contributed by atoms with van der Waals surface area (Å²) in [5.41, 5.74) is 16.1. The Morgan fingerprint density at radius 2 is 1.30 bits per heavy atom. The Kier molecular flexibility index (Phi) is 10.6. The molecule has 304 valence electrons. The van der Waals surface area contributed by atoms with Crippen LogP contribution in [0.2, 0.25) is 0 Å². The van der Waals surface area contributed by atoms with Gasteiger partial charge in [-0.25, -0.2) is 4.98 Å². The van der Waals surface area contributed by atoms with Gasteiger partial charge >= 0.3 is 21.1 Å². The van der Waals surface area contributed by atoms with Crippen molar-refractivity contribution in [1.82, 2.24) is 14.5 Å². The van der Waals surface area contributed by atoms with Crippen molar-refractivity contribution >= 4 is 11.0 Å². The summed E-state index contributed by atoms with van der Waals surface area (Å²) in [5.74, 6) is 1.26. The SMILES string of the molecule is [2H]C([2H])([2H])c1ccc(-n2c(-c3cc(C)cc(C)c3O[CH2-])nc3c(-c4[c-]c(-c5cc(-c6ccc(C)cc6)ccn5)cc(C(C)(C)C)c4)cccc32)c(-c2ccc(C(C)(C)C)cc2)c1.[Pt+2]. The molecule has 0 N–H and O–H groups in total. The first kappa shape index (κ1) is 38.6. The second kappa shape index (κ2) is 16.5. The Hall–Kier alpha value is -5.57. The third-order valence-corrected chi connectivity index (χ3v) is 11.2. The van der Waals surface area contributed by atoms with E-state index in [1.807, 2.05) is 25.3 Å². The van der Waals surface area contributed by atoms with E-state index in [9.17, 15) is 0 Å². The molecule has 0 bridgehead atoms. The molecule has 6 aromatic carbocycles. The second-order valence-corrected chi connectivity index (χ2v) is 17.8. The first-order chi connectivity index (χ1) is 29.3. The third-order valence-electron chi connectivity index (χ3n) is 11.2. The molecule has 2 heterocycles. The molecular formula is C55H53N3OPt. The maximum atomic E-state index is 8.41. The summed E-state index contributed by atoms with van der Waals surface area (Å²) >= 11 is 0. The van der Waals surface area contributed by atoms with Crippen LogP contribution in [0.5, 0.6) is 5.75 Å². The van der Waals surface area contributed by atoms with Gasteiger partial charge in [-0.2, -0.15) is 7.11 Å². The number of imidazole rings is 1. The summed E-state index contributed by atoms with van der Waals surface area (Å²) in [6, 6.07) is 45.2. The van der Waals surface area contributed by atoms with Crippen LogP contribution in [-0.4, -0.2) is 14.5 Å². The third kappa shape index (κ3) is 8.28. The number of fused-ring (bicyclic) bond motifs is 1. The van der Waals surface area contributed by atoms with Gasteiger partial charge in [0.05, 0.1) is 28.0 Å². The number of rotatable bonds is 7. The number of benzene rings is 6. The minimum Gasteiger partial charge on any atom is -0.665 e. The molecular weight excluding hydrogens is 914 g/mol. The van der Waals surface area contributed by atoms with Gasteiger partial charge in [0.25, 0.3) is 0 Å². The van der Waals surface area contributed by atoms with Crippen molar-refractivity contribution in [3.8, 4) is 67.5 Å². The first-order valence-corrected chi connectivity index (χ1v) is 20.2. The van der Waals surface area contributed by atoms with Gasteiger partial charge in [-0.3, -0.25) is 9.55 Å². The molecule has 0 amide bonds. The average Bonchev–Trinajstić information content (AvgIpc) is 3.62. The number of aromatic nitrogens is 3. The van der Waals surface area contributed by atoms with Crippen molar-refractivity contribution in [2.45, 2.75) is 80.0 Å². The van der Waals surface area contributed by atoms with E-state index in [-0.39, 0.29) is 37.5 Å². The number of ether oxygens (including phenoxy) is 1. The predicted molar refractivity (Wildman–Crippen MR) is 247 cm³/mol. The Labute approximate surface area is 375 Å². The largest absolute Gasteiger partial charge is 2.00 e. The number of hydrogen-bond acceptors (Lipinski definition) is 3. The summed E-state index contributed by atoms with van der Waals surface area (Å²) in [5, 5.41) is 0. The molecule has 0 fully saturated rings. The molecule has 0 aliphatic heterocycles. The maximum Gasteiger partial charge on any atom is 2.00 e. The molecule has 0 atom stereocenters. The molecule has 0 spiro atoms. The Morgan fingerprint density at radius 1 is 0.633 bits per heavy atom. The van der Waals surface area contributed by atoms with Gasteiger partial charge in [0.1, 0.15) is 5.82 Å². The molecule has 5 heteroatoms. The zero-order valence-corrected chi connectivity index (χ0v) is 38.2. The Morgan fingerprint density at radius 3 is 1.98 bits per heavy atom. The van der Waals surface area contributed by atoms with Gasteiger partial charge in [-0.1, -0.05) is 143 Å². The predicted octanol–water partition coefficient (Wildman–Crippen LogP) is 14.6. The summed E-state index contributed by atoms with van der Waals surface area (Å²) in [6.07, 6.45) is 1.87. The monoisotopic (exact) mass is 969 g/mol. The van der Waals surface area contributed by atoms with Crippen LogP contribution in [-0.2, 0) is 31.9 Å². The molecule has 0 radical (unpaired) electrons. The molecule has 0 aliphatic carbocycles. The maximum absolute atomic E-state index is 8.41. The fourth-order valence-corrected chi connectivity index (χ4v) is 7.95. The summed E-state index contributed by atoms with van der Waals surface area (Å²) < 4.78 is 33.3. The van der Waals surface area contributed by atoms with Crippen LogP contribution in [0.4, 0.5) is 0 Å². The molecule has 8 rings (SSSR count). The van der Waals surface area contributed by atoms with Crippen LogP contribution in [0.3, 0.4) is 0 Å². The van der Waals surface area contributed by atoms with Crippen LogP contribution in [0.1, 0.15) is 79.0 Å². The molecule has 0 saturated heterocycles. The van der Waals surface area contributed by atoms with Gasteiger partial charge < -0.3 is 4.74 Å². The fourth-order valence-electron chi connectivity index (χ4n) is 7.95. The number of para-hydroxylation sites is 1. The Bertz CT molecular complexity index is 2970. The fraction of sp³-hybridized carbons (Fsp3) is 0.218. The van der Waals surface area contributed by atoms with E-state index in [1.54, 1.807) is 12.1 Å². The van der Waals surface area contributed by atoms with Crippen molar-refractivity contribution in [2.75, 3.05) is 0 Å². The molecule has 4 nitrogen and oxygen atoms in total. The van der Waals surface area contributed by atoms with Crippen LogP contribution in [0, 0.1) is 40.8 Å². The minimum absolute atomic E-state index is 0.